The number of alkyl carbamates (subject to hydrolysis) is 1. The standard InChI is InChI=1S/C34H35N5O4/c1-4-34(2,3)43-33(42)38-30(24-9-6-5-7-10-24)32(41)39-18-8-11-29(39)31(40)36-26-15-13-23(14-16-26)28-20-25-19-22(21-35)12-17-27(25)37-28/h5-7,9-10,12-17,19-20,29-30,37H,4,8,11,18H2,1-3H3,(H,36,40)(H,38,42)/t29-,30-/m0/s1. The highest BCUT2D eigenvalue weighted by atomic mass is 16.6. The fraction of sp³-hybridized carbons (Fsp3) is 0.294. The molecule has 43 heavy (non-hydrogen) atoms. The highest BCUT2D eigenvalue weighted by Crippen LogP contribution is 2.28. The molecule has 0 unspecified atom stereocenters. The summed E-state index contributed by atoms with van der Waals surface area (Å²) in [6, 6.07) is 24.4. The van der Waals surface area contributed by atoms with Crippen LogP contribution in [0.5, 0.6) is 0 Å². The summed E-state index contributed by atoms with van der Waals surface area (Å²) in [7, 11) is 0. The Morgan fingerprint density at radius 3 is 2.51 bits per heavy atom. The number of amides is 3. The molecule has 3 N–H and O–H groups in total. The molecular weight excluding hydrogens is 542 g/mol. The molecule has 0 radical (unpaired) electrons. The maximum atomic E-state index is 13.9. The molecule has 0 spiro atoms. The van der Waals surface area contributed by atoms with Gasteiger partial charge in [-0.3, -0.25) is 9.59 Å². The Morgan fingerprint density at radius 2 is 1.81 bits per heavy atom. The molecule has 2 atom stereocenters. The lowest BCUT2D eigenvalue weighted by Gasteiger charge is -2.30. The first-order valence-corrected chi connectivity index (χ1v) is 14.5. The van der Waals surface area contributed by atoms with Crippen molar-refractivity contribution >= 4 is 34.5 Å². The summed E-state index contributed by atoms with van der Waals surface area (Å²) in [4.78, 5) is 45.0. The van der Waals surface area contributed by atoms with Gasteiger partial charge in [-0.1, -0.05) is 49.4 Å². The zero-order valence-electron chi connectivity index (χ0n) is 24.5. The van der Waals surface area contributed by atoms with Crippen molar-refractivity contribution in [3.05, 3.63) is 90.0 Å². The highest BCUT2D eigenvalue weighted by Gasteiger charge is 2.39. The van der Waals surface area contributed by atoms with E-state index in [9.17, 15) is 14.4 Å². The molecule has 1 fully saturated rings. The third kappa shape index (κ3) is 6.70. The molecule has 1 aromatic heterocycles. The van der Waals surface area contributed by atoms with E-state index in [2.05, 4.69) is 21.7 Å². The van der Waals surface area contributed by atoms with E-state index in [1.807, 2.05) is 69.3 Å². The number of fused-ring (bicyclic) bond motifs is 1. The third-order valence-corrected chi connectivity index (χ3v) is 7.91. The molecule has 2 heterocycles. The van der Waals surface area contributed by atoms with Crippen LogP contribution in [0.1, 0.15) is 57.2 Å². The van der Waals surface area contributed by atoms with Crippen molar-refractivity contribution in [3.8, 4) is 17.3 Å². The van der Waals surface area contributed by atoms with Crippen LogP contribution in [0.2, 0.25) is 0 Å². The van der Waals surface area contributed by atoms with Crippen LogP contribution in [0.15, 0.2) is 78.9 Å². The number of nitrogens with zero attached hydrogens (tertiary/aromatic N) is 2. The van der Waals surface area contributed by atoms with E-state index in [-0.39, 0.29) is 11.8 Å². The van der Waals surface area contributed by atoms with Gasteiger partial charge in [0.25, 0.3) is 5.91 Å². The van der Waals surface area contributed by atoms with Crippen LogP contribution in [-0.2, 0) is 14.3 Å². The number of aromatic amines is 1. The molecule has 4 aromatic rings. The van der Waals surface area contributed by atoms with E-state index in [1.54, 1.807) is 35.2 Å². The number of anilines is 1. The maximum absolute atomic E-state index is 13.9. The lowest BCUT2D eigenvalue weighted by Crippen LogP contribution is -2.49. The first-order chi connectivity index (χ1) is 20.7. The predicted molar refractivity (Wildman–Crippen MR) is 165 cm³/mol. The fourth-order valence-electron chi connectivity index (χ4n) is 5.19. The predicted octanol–water partition coefficient (Wildman–Crippen LogP) is 6.29. The minimum Gasteiger partial charge on any atom is -0.444 e. The normalized spacial score (nSPS) is 15.5. The SMILES string of the molecule is CCC(C)(C)OC(=O)N[C@H](C(=O)N1CCC[C@H]1C(=O)Nc1ccc(-c2cc3cc(C#N)ccc3[nH]2)cc1)c1ccccc1. The molecule has 3 aromatic carbocycles. The number of aromatic nitrogens is 1. The van der Waals surface area contributed by atoms with E-state index < -0.39 is 23.8 Å². The van der Waals surface area contributed by atoms with Gasteiger partial charge >= 0.3 is 6.09 Å². The Labute approximate surface area is 250 Å². The second-order valence-electron chi connectivity index (χ2n) is 11.3. The lowest BCUT2D eigenvalue weighted by molar-refractivity contribution is -0.138. The van der Waals surface area contributed by atoms with Gasteiger partial charge in [0.1, 0.15) is 17.7 Å². The molecule has 0 saturated carbocycles. The third-order valence-electron chi connectivity index (χ3n) is 7.91. The monoisotopic (exact) mass is 577 g/mol. The molecule has 1 aliphatic rings. The summed E-state index contributed by atoms with van der Waals surface area (Å²) in [5, 5.41) is 15.8. The van der Waals surface area contributed by atoms with Crippen LogP contribution in [0.3, 0.4) is 0 Å². The Bertz CT molecular complexity index is 1670. The Hall–Kier alpha value is -5.10. The van der Waals surface area contributed by atoms with Gasteiger partial charge in [0, 0.05) is 28.8 Å². The number of nitriles is 1. The molecular formula is C34H35N5O4. The van der Waals surface area contributed by atoms with Crippen molar-refractivity contribution in [2.24, 2.45) is 0 Å². The average Bonchev–Trinajstić information content (AvgIpc) is 3.68. The number of hydrogen-bond donors (Lipinski definition) is 3. The van der Waals surface area contributed by atoms with Crippen LogP contribution >= 0.6 is 0 Å². The molecule has 3 amide bonds. The largest absolute Gasteiger partial charge is 0.444 e. The van der Waals surface area contributed by atoms with Crippen molar-refractivity contribution in [3.63, 3.8) is 0 Å². The first-order valence-electron chi connectivity index (χ1n) is 14.5. The van der Waals surface area contributed by atoms with Crippen molar-refractivity contribution in [1.82, 2.24) is 15.2 Å². The van der Waals surface area contributed by atoms with Crippen LogP contribution < -0.4 is 10.6 Å². The minimum atomic E-state index is -0.991. The number of likely N-dealkylation sites (tertiary alicyclic amines) is 1. The van der Waals surface area contributed by atoms with Gasteiger partial charge in [-0.2, -0.15) is 5.26 Å². The second-order valence-corrected chi connectivity index (χ2v) is 11.3. The summed E-state index contributed by atoms with van der Waals surface area (Å²) in [6.07, 6.45) is 1.12. The van der Waals surface area contributed by atoms with Crippen molar-refractivity contribution in [1.29, 1.82) is 5.26 Å². The molecule has 220 valence electrons. The van der Waals surface area contributed by atoms with Gasteiger partial charge in [-0.05, 0) is 80.6 Å². The molecule has 1 aliphatic heterocycles. The summed E-state index contributed by atoms with van der Waals surface area (Å²) in [5.74, 6) is -0.640. The van der Waals surface area contributed by atoms with Crippen molar-refractivity contribution < 1.29 is 19.1 Å². The van der Waals surface area contributed by atoms with Gasteiger partial charge in [-0.15, -0.1) is 0 Å². The van der Waals surface area contributed by atoms with Crippen LogP contribution in [-0.4, -0.2) is 46.0 Å². The van der Waals surface area contributed by atoms with Gasteiger partial charge < -0.3 is 25.3 Å². The number of H-pyrrole nitrogens is 1. The number of carbonyl (C=O) groups excluding carboxylic acids is 3. The zero-order valence-corrected chi connectivity index (χ0v) is 24.5. The molecule has 9 heteroatoms. The van der Waals surface area contributed by atoms with E-state index >= 15 is 0 Å². The molecule has 5 rings (SSSR count). The number of hydrogen-bond acceptors (Lipinski definition) is 5. The number of ether oxygens (including phenoxy) is 1. The van der Waals surface area contributed by atoms with Gasteiger partial charge in [0.05, 0.1) is 11.6 Å². The fourth-order valence-corrected chi connectivity index (χ4v) is 5.19. The smallest absolute Gasteiger partial charge is 0.408 e. The summed E-state index contributed by atoms with van der Waals surface area (Å²) >= 11 is 0. The average molecular weight is 578 g/mol. The van der Waals surface area contributed by atoms with Gasteiger partial charge in [0.2, 0.25) is 5.91 Å². The lowest BCUT2D eigenvalue weighted by atomic mass is 10.0. The summed E-state index contributed by atoms with van der Waals surface area (Å²) < 4.78 is 5.56. The Kier molecular flexibility index (Phi) is 8.48. The van der Waals surface area contributed by atoms with E-state index in [0.29, 0.717) is 42.6 Å². The quantitative estimate of drug-likeness (QED) is 0.227. The van der Waals surface area contributed by atoms with E-state index in [0.717, 1.165) is 22.2 Å². The molecule has 0 bridgehead atoms. The number of benzene rings is 3. The minimum absolute atomic E-state index is 0.283. The Balaban J connectivity index is 1.29. The van der Waals surface area contributed by atoms with Crippen LogP contribution in [0, 0.1) is 11.3 Å². The topological polar surface area (TPSA) is 127 Å². The summed E-state index contributed by atoms with van der Waals surface area (Å²) in [6.45, 7) is 5.95. The zero-order chi connectivity index (χ0) is 30.6. The van der Waals surface area contributed by atoms with E-state index in [4.69, 9.17) is 10.00 Å². The highest BCUT2D eigenvalue weighted by molar-refractivity contribution is 5.99. The van der Waals surface area contributed by atoms with Crippen LogP contribution in [0.25, 0.3) is 22.2 Å². The summed E-state index contributed by atoms with van der Waals surface area (Å²) in [5.41, 5.74) is 3.90. The second kappa shape index (κ2) is 12.4. The maximum Gasteiger partial charge on any atom is 0.408 e. The van der Waals surface area contributed by atoms with Crippen LogP contribution in [0.4, 0.5) is 10.5 Å². The molecule has 0 aliphatic carbocycles. The van der Waals surface area contributed by atoms with Gasteiger partial charge in [-0.25, -0.2) is 4.79 Å². The van der Waals surface area contributed by atoms with E-state index in [1.165, 1.54) is 0 Å². The molecule has 9 nitrogen and oxygen atoms in total. The van der Waals surface area contributed by atoms with Crippen molar-refractivity contribution in [2.45, 2.75) is 57.7 Å². The van der Waals surface area contributed by atoms with Crippen molar-refractivity contribution in [2.75, 3.05) is 11.9 Å². The number of nitrogens with one attached hydrogen (secondary N) is 3. The molecule has 1 saturated heterocycles. The first kappa shape index (κ1) is 29.4. The number of carbonyl (C=O) groups is 3. The number of rotatable bonds is 8. The van der Waals surface area contributed by atoms with Gasteiger partial charge in [0.15, 0.2) is 0 Å². The Morgan fingerprint density at radius 1 is 1.07 bits per heavy atom.